The first-order valence-corrected chi connectivity index (χ1v) is 5.99. The van der Waals surface area contributed by atoms with E-state index in [0.717, 1.165) is 38.4 Å². The molecule has 1 saturated heterocycles. The molecule has 16 heavy (non-hydrogen) atoms. The number of hydrogen-bond donors (Lipinski definition) is 2. The Morgan fingerprint density at radius 3 is 3.31 bits per heavy atom. The van der Waals surface area contributed by atoms with Crippen molar-refractivity contribution in [2.45, 2.75) is 25.5 Å². The van der Waals surface area contributed by atoms with Crippen LogP contribution >= 0.6 is 0 Å². The highest BCUT2D eigenvalue weighted by atomic mass is 16.5. The fourth-order valence-corrected chi connectivity index (χ4v) is 1.88. The van der Waals surface area contributed by atoms with Crippen molar-refractivity contribution in [1.29, 1.82) is 0 Å². The topological polar surface area (TPSA) is 46.4 Å². The van der Waals surface area contributed by atoms with Gasteiger partial charge in [0.05, 0.1) is 6.26 Å². The second-order valence-electron chi connectivity index (χ2n) is 4.13. The van der Waals surface area contributed by atoms with Crippen molar-refractivity contribution >= 4 is 0 Å². The highest BCUT2D eigenvalue weighted by molar-refractivity contribution is 4.95. The first-order valence-electron chi connectivity index (χ1n) is 5.99. The molecule has 1 atom stereocenters. The van der Waals surface area contributed by atoms with Gasteiger partial charge >= 0.3 is 0 Å². The summed E-state index contributed by atoms with van der Waals surface area (Å²) in [7, 11) is 0. The van der Waals surface area contributed by atoms with Crippen molar-refractivity contribution in [1.82, 2.24) is 10.6 Å². The van der Waals surface area contributed by atoms with Gasteiger partial charge in [-0.15, -0.1) is 0 Å². The Hall–Kier alpha value is -0.840. The van der Waals surface area contributed by atoms with Crippen LogP contribution in [0.2, 0.25) is 0 Å². The predicted molar refractivity (Wildman–Crippen MR) is 62.3 cm³/mol. The third-order valence-corrected chi connectivity index (χ3v) is 2.78. The monoisotopic (exact) mass is 224 g/mol. The lowest BCUT2D eigenvalue weighted by molar-refractivity contribution is 0.104. The van der Waals surface area contributed by atoms with Gasteiger partial charge in [0.1, 0.15) is 12.4 Å². The molecule has 2 rings (SSSR count). The van der Waals surface area contributed by atoms with E-state index < -0.39 is 0 Å². The molecular weight excluding hydrogens is 204 g/mol. The Labute approximate surface area is 96.4 Å². The molecule has 1 aliphatic rings. The van der Waals surface area contributed by atoms with E-state index in [1.165, 1.54) is 6.42 Å². The van der Waals surface area contributed by atoms with Crippen LogP contribution in [0, 0.1) is 0 Å². The third kappa shape index (κ3) is 3.96. The van der Waals surface area contributed by atoms with E-state index in [9.17, 15) is 0 Å². The highest BCUT2D eigenvalue weighted by Gasteiger charge is 2.12. The maximum atomic E-state index is 5.49. The largest absolute Gasteiger partial charge is 0.467 e. The van der Waals surface area contributed by atoms with Gasteiger partial charge in [0, 0.05) is 19.2 Å². The van der Waals surface area contributed by atoms with Crippen molar-refractivity contribution < 1.29 is 9.15 Å². The van der Waals surface area contributed by atoms with Gasteiger partial charge in [-0.1, -0.05) is 0 Å². The summed E-state index contributed by atoms with van der Waals surface area (Å²) >= 11 is 0. The lowest BCUT2D eigenvalue weighted by atomic mass is 10.2. The maximum absolute atomic E-state index is 5.49. The van der Waals surface area contributed by atoms with Gasteiger partial charge in [-0.05, 0) is 38.1 Å². The molecule has 0 aliphatic carbocycles. The Balaban J connectivity index is 1.43. The minimum atomic E-state index is 0.581. The molecule has 0 spiro atoms. The van der Waals surface area contributed by atoms with Gasteiger partial charge in [-0.25, -0.2) is 0 Å². The normalized spacial score (nSPS) is 20.4. The number of rotatable bonds is 7. The van der Waals surface area contributed by atoms with E-state index in [4.69, 9.17) is 9.15 Å². The maximum Gasteiger partial charge on any atom is 0.129 e. The lowest BCUT2D eigenvalue weighted by Gasteiger charge is -2.10. The average Bonchev–Trinajstić information content (AvgIpc) is 2.96. The van der Waals surface area contributed by atoms with Gasteiger partial charge in [0.2, 0.25) is 0 Å². The molecule has 1 aliphatic heterocycles. The SMILES string of the molecule is c1coc(COCCCNC2CCNC2)c1. The summed E-state index contributed by atoms with van der Waals surface area (Å²) in [6.07, 6.45) is 3.97. The smallest absolute Gasteiger partial charge is 0.129 e. The van der Waals surface area contributed by atoms with E-state index in [1.54, 1.807) is 6.26 Å². The number of furan rings is 1. The minimum absolute atomic E-state index is 0.581. The molecule has 0 bridgehead atoms. The van der Waals surface area contributed by atoms with Crippen molar-refractivity contribution in [3.05, 3.63) is 24.2 Å². The van der Waals surface area contributed by atoms with Gasteiger partial charge in [-0.3, -0.25) is 0 Å². The molecule has 4 heteroatoms. The zero-order valence-corrected chi connectivity index (χ0v) is 9.58. The first kappa shape index (κ1) is 11.6. The van der Waals surface area contributed by atoms with E-state index in [1.807, 2.05) is 12.1 Å². The molecular formula is C12H20N2O2. The third-order valence-electron chi connectivity index (χ3n) is 2.78. The fraction of sp³-hybridized carbons (Fsp3) is 0.667. The standard InChI is InChI=1S/C12H20N2O2/c1-3-12(16-8-1)10-15-7-2-5-14-11-4-6-13-9-11/h1,3,8,11,13-14H,2,4-7,9-10H2. The quantitative estimate of drug-likeness (QED) is 0.682. The Morgan fingerprint density at radius 2 is 2.56 bits per heavy atom. The van der Waals surface area contributed by atoms with Crippen molar-refractivity contribution in [2.24, 2.45) is 0 Å². The summed E-state index contributed by atoms with van der Waals surface area (Å²) in [5, 5.41) is 6.85. The molecule has 0 amide bonds. The van der Waals surface area contributed by atoms with Crippen LogP contribution in [-0.4, -0.2) is 32.3 Å². The van der Waals surface area contributed by atoms with E-state index in [2.05, 4.69) is 10.6 Å². The molecule has 2 heterocycles. The van der Waals surface area contributed by atoms with Crippen molar-refractivity contribution in [2.75, 3.05) is 26.2 Å². The zero-order chi connectivity index (χ0) is 11.1. The molecule has 0 aromatic carbocycles. The molecule has 0 saturated carbocycles. The summed E-state index contributed by atoms with van der Waals surface area (Å²) in [5.74, 6) is 0.896. The summed E-state index contributed by atoms with van der Waals surface area (Å²) in [5.41, 5.74) is 0. The first-order chi connectivity index (χ1) is 7.95. The van der Waals surface area contributed by atoms with Crippen molar-refractivity contribution in [3.63, 3.8) is 0 Å². The lowest BCUT2D eigenvalue weighted by Crippen LogP contribution is -2.32. The molecule has 0 radical (unpaired) electrons. The Kier molecular flexibility index (Phi) is 4.86. The molecule has 2 N–H and O–H groups in total. The second kappa shape index (κ2) is 6.68. The van der Waals surface area contributed by atoms with Crippen LogP contribution in [0.4, 0.5) is 0 Å². The van der Waals surface area contributed by atoms with Crippen LogP contribution in [0.25, 0.3) is 0 Å². The van der Waals surface area contributed by atoms with Crippen LogP contribution < -0.4 is 10.6 Å². The fourth-order valence-electron chi connectivity index (χ4n) is 1.88. The predicted octanol–water partition coefficient (Wildman–Crippen LogP) is 1.14. The van der Waals surface area contributed by atoms with Crippen LogP contribution in [0.15, 0.2) is 22.8 Å². The van der Waals surface area contributed by atoms with Crippen LogP contribution in [0.3, 0.4) is 0 Å². The van der Waals surface area contributed by atoms with E-state index >= 15 is 0 Å². The highest BCUT2D eigenvalue weighted by Crippen LogP contribution is 2.02. The Bertz CT molecular complexity index is 269. The molecule has 1 unspecified atom stereocenters. The molecule has 1 aromatic rings. The Morgan fingerprint density at radius 1 is 1.56 bits per heavy atom. The average molecular weight is 224 g/mol. The van der Waals surface area contributed by atoms with Crippen molar-refractivity contribution in [3.8, 4) is 0 Å². The van der Waals surface area contributed by atoms with Gasteiger partial charge in [0.15, 0.2) is 0 Å². The van der Waals surface area contributed by atoms with Gasteiger partial charge in [0.25, 0.3) is 0 Å². The summed E-state index contributed by atoms with van der Waals surface area (Å²) < 4.78 is 10.7. The molecule has 1 fully saturated rings. The number of nitrogens with one attached hydrogen (secondary N) is 2. The van der Waals surface area contributed by atoms with E-state index in [0.29, 0.717) is 12.6 Å². The minimum Gasteiger partial charge on any atom is -0.467 e. The summed E-state index contributed by atoms with van der Waals surface area (Å²) in [6, 6.07) is 4.47. The van der Waals surface area contributed by atoms with Gasteiger partial charge in [-0.2, -0.15) is 0 Å². The van der Waals surface area contributed by atoms with Crippen LogP contribution in [0.5, 0.6) is 0 Å². The van der Waals surface area contributed by atoms with Crippen LogP contribution in [0.1, 0.15) is 18.6 Å². The second-order valence-corrected chi connectivity index (χ2v) is 4.13. The number of hydrogen-bond acceptors (Lipinski definition) is 4. The van der Waals surface area contributed by atoms with Crippen LogP contribution in [-0.2, 0) is 11.3 Å². The molecule has 90 valence electrons. The molecule has 1 aromatic heterocycles. The van der Waals surface area contributed by atoms with Gasteiger partial charge < -0.3 is 19.8 Å². The molecule has 4 nitrogen and oxygen atoms in total. The number of ether oxygens (including phenoxy) is 1. The summed E-state index contributed by atoms with van der Waals surface area (Å²) in [6.45, 7) is 4.65. The summed E-state index contributed by atoms with van der Waals surface area (Å²) in [4.78, 5) is 0. The zero-order valence-electron chi connectivity index (χ0n) is 9.58. The van der Waals surface area contributed by atoms with E-state index in [-0.39, 0.29) is 0 Å².